The fourth-order valence-corrected chi connectivity index (χ4v) is 2.61. The van der Waals surface area contributed by atoms with Gasteiger partial charge in [0.15, 0.2) is 0 Å². The van der Waals surface area contributed by atoms with E-state index in [4.69, 9.17) is 0 Å². The summed E-state index contributed by atoms with van der Waals surface area (Å²) in [6, 6.07) is 1.46. The summed E-state index contributed by atoms with van der Waals surface area (Å²) in [5.74, 6) is -0.333. The Morgan fingerprint density at radius 2 is 2.18 bits per heavy atom. The SMILES string of the molecule is CCN(C)c1sc(-c2cncc(F)c2)nc1C. The zero-order valence-electron chi connectivity index (χ0n) is 10.1. The topological polar surface area (TPSA) is 29.0 Å². The normalized spacial score (nSPS) is 10.6. The third-order valence-electron chi connectivity index (χ3n) is 2.54. The lowest BCUT2D eigenvalue weighted by atomic mass is 10.3. The molecule has 90 valence electrons. The van der Waals surface area contributed by atoms with E-state index in [9.17, 15) is 4.39 Å². The second-order valence-corrected chi connectivity index (χ2v) is 4.79. The Hall–Kier alpha value is -1.49. The number of anilines is 1. The van der Waals surface area contributed by atoms with Crippen LogP contribution in [0.3, 0.4) is 0 Å². The van der Waals surface area contributed by atoms with E-state index in [2.05, 4.69) is 21.8 Å². The molecule has 0 spiro atoms. The molecule has 0 aliphatic rings. The van der Waals surface area contributed by atoms with Crippen LogP contribution in [-0.4, -0.2) is 23.6 Å². The van der Waals surface area contributed by atoms with E-state index in [0.717, 1.165) is 27.8 Å². The summed E-state index contributed by atoms with van der Waals surface area (Å²) in [4.78, 5) is 10.4. The van der Waals surface area contributed by atoms with Gasteiger partial charge in [0, 0.05) is 25.4 Å². The Morgan fingerprint density at radius 1 is 1.41 bits per heavy atom. The lowest BCUT2D eigenvalue weighted by molar-refractivity contribution is 0.622. The number of rotatable bonds is 3. The van der Waals surface area contributed by atoms with Gasteiger partial charge in [-0.15, -0.1) is 0 Å². The Labute approximate surface area is 104 Å². The second-order valence-electron chi connectivity index (χ2n) is 3.82. The quantitative estimate of drug-likeness (QED) is 0.839. The van der Waals surface area contributed by atoms with Crippen LogP contribution in [0, 0.1) is 12.7 Å². The van der Waals surface area contributed by atoms with Crippen molar-refractivity contribution in [1.82, 2.24) is 9.97 Å². The van der Waals surface area contributed by atoms with Crippen LogP contribution < -0.4 is 4.90 Å². The van der Waals surface area contributed by atoms with Gasteiger partial charge in [0.05, 0.1) is 11.9 Å². The zero-order valence-corrected chi connectivity index (χ0v) is 10.9. The van der Waals surface area contributed by atoms with Gasteiger partial charge < -0.3 is 4.90 Å². The van der Waals surface area contributed by atoms with Crippen LogP contribution in [0.4, 0.5) is 9.39 Å². The highest BCUT2D eigenvalue weighted by molar-refractivity contribution is 7.19. The number of pyridine rings is 1. The number of hydrogen-bond donors (Lipinski definition) is 0. The molecule has 0 fully saturated rings. The van der Waals surface area contributed by atoms with Gasteiger partial charge in [0.1, 0.15) is 15.8 Å². The van der Waals surface area contributed by atoms with Crippen molar-refractivity contribution in [3.05, 3.63) is 30.0 Å². The number of aromatic nitrogens is 2. The van der Waals surface area contributed by atoms with Crippen LogP contribution >= 0.6 is 11.3 Å². The van der Waals surface area contributed by atoms with Gasteiger partial charge in [-0.2, -0.15) is 0 Å². The molecule has 0 amide bonds. The highest BCUT2D eigenvalue weighted by Gasteiger charge is 2.12. The minimum Gasteiger partial charge on any atom is -0.365 e. The first-order chi connectivity index (χ1) is 8.11. The van der Waals surface area contributed by atoms with Crippen molar-refractivity contribution in [2.75, 3.05) is 18.5 Å². The molecule has 0 aliphatic carbocycles. The summed E-state index contributed by atoms with van der Waals surface area (Å²) in [5, 5.41) is 1.93. The van der Waals surface area contributed by atoms with E-state index in [1.165, 1.54) is 12.3 Å². The molecular weight excluding hydrogens is 237 g/mol. The molecular formula is C12H14FN3S. The minimum atomic E-state index is -0.333. The van der Waals surface area contributed by atoms with E-state index in [0.29, 0.717) is 0 Å². The van der Waals surface area contributed by atoms with Crippen LogP contribution in [0.15, 0.2) is 18.5 Å². The van der Waals surface area contributed by atoms with Crippen molar-refractivity contribution < 1.29 is 4.39 Å². The molecule has 5 heteroatoms. The first-order valence-corrected chi connectivity index (χ1v) is 6.23. The number of thiazole rings is 1. The Kier molecular flexibility index (Phi) is 3.38. The molecule has 17 heavy (non-hydrogen) atoms. The van der Waals surface area contributed by atoms with Crippen molar-refractivity contribution in [2.45, 2.75) is 13.8 Å². The molecule has 0 aliphatic heterocycles. The standard InChI is InChI=1S/C12H14FN3S/c1-4-16(3)12-8(2)15-11(17-12)9-5-10(13)7-14-6-9/h5-7H,4H2,1-3H3. The maximum atomic E-state index is 13.1. The van der Waals surface area contributed by atoms with E-state index < -0.39 is 0 Å². The average molecular weight is 251 g/mol. The first kappa shape index (κ1) is 12.0. The van der Waals surface area contributed by atoms with Gasteiger partial charge in [-0.1, -0.05) is 11.3 Å². The van der Waals surface area contributed by atoms with Gasteiger partial charge >= 0.3 is 0 Å². The summed E-state index contributed by atoms with van der Waals surface area (Å²) in [5.41, 5.74) is 1.70. The van der Waals surface area contributed by atoms with Crippen LogP contribution in [0.1, 0.15) is 12.6 Å². The molecule has 2 rings (SSSR count). The zero-order chi connectivity index (χ0) is 12.4. The van der Waals surface area contributed by atoms with Crippen LogP contribution in [0.2, 0.25) is 0 Å². The summed E-state index contributed by atoms with van der Waals surface area (Å²) in [6.07, 6.45) is 2.83. The average Bonchev–Trinajstić information content (AvgIpc) is 2.70. The molecule has 0 aromatic carbocycles. The van der Waals surface area contributed by atoms with Crippen molar-refractivity contribution in [2.24, 2.45) is 0 Å². The fourth-order valence-electron chi connectivity index (χ4n) is 1.54. The lowest BCUT2D eigenvalue weighted by Gasteiger charge is -2.13. The fraction of sp³-hybridized carbons (Fsp3) is 0.333. The molecule has 3 nitrogen and oxygen atoms in total. The third kappa shape index (κ3) is 2.44. The maximum Gasteiger partial charge on any atom is 0.142 e. The molecule has 0 saturated heterocycles. The van der Waals surface area contributed by atoms with Gasteiger partial charge in [-0.3, -0.25) is 4.98 Å². The monoisotopic (exact) mass is 251 g/mol. The van der Waals surface area contributed by atoms with E-state index in [1.807, 2.05) is 14.0 Å². The molecule has 0 radical (unpaired) electrons. The third-order valence-corrected chi connectivity index (χ3v) is 3.87. The maximum absolute atomic E-state index is 13.1. The molecule has 2 aromatic rings. The molecule has 0 N–H and O–H groups in total. The van der Waals surface area contributed by atoms with Crippen LogP contribution in [0.5, 0.6) is 0 Å². The molecule has 2 aromatic heterocycles. The predicted octanol–water partition coefficient (Wildman–Crippen LogP) is 3.11. The molecule has 0 unspecified atom stereocenters. The Balaban J connectivity index is 2.41. The Bertz CT molecular complexity index is 524. The summed E-state index contributed by atoms with van der Waals surface area (Å²) < 4.78 is 13.1. The van der Waals surface area contributed by atoms with Crippen molar-refractivity contribution in [3.8, 4) is 10.6 Å². The van der Waals surface area contributed by atoms with E-state index >= 15 is 0 Å². The molecule has 2 heterocycles. The van der Waals surface area contributed by atoms with Gasteiger partial charge in [-0.05, 0) is 19.9 Å². The number of hydrogen-bond acceptors (Lipinski definition) is 4. The largest absolute Gasteiger partial charge is 0.365 e. The number of nitrogens with zero attached hydrogens (tertiary/aromatic N) is 3. The van der Waals surface area contributed by atoms with E-state index in [-0.39, 0.29) is 5.82 Å². The highest BCUT2D eigenvalue weighted by atomic mass is 32.1. The lowest BCUT2D eigenvalue weighted by Crippen LogP contribution is -2.15. The van der Waals surface area contributed by atoms with Gasteiger partial charge in [0.2, 0.25) is 0 Å². The summed E-state index contributed by atoms with van der Waals surface area (Å²) in [6.45, 7) is 4.97. The van der Waals surface area contributed by atoms with Crippen LogP contribution in [-0.2, 0) is 0 Å². The van der Waals surface area contributed by atoms with Gasteiger partial charge in [-0.25, -0.2) is 9.37 Å². The number of aryl methyl sites for hydroxylation is 1. The highest BCUT2D eigenvalue weighted by Crippen LogP contribution is 2.33. The summed E-state index contributed by atoms with van der Waals surface area (Å²) in [7, 11) is 2.02. The first-order valence-electron chi connectivity index (χ1n) is 5.41. The van der Waals surface area contributed by atoms with Crippen molar-refractivity contribution >= 4 is 16.3 Å². The van der Waals surface area contributed by atoms with Crippen LogP contribution in [0.25, 0.3) is 10.6 Å². The van der Waals surface area contributed by atoms with Crippen molar-refractivity contribution in [3.63, 3.8) is 0 Å². The van der Waals surface area contributed by atoms with Crippen molar-refractivity contribution in [1.29, 1.82) is 0 Å². The molecule has 0 bridgehead atoms. The van der Waals surface area contributed by atoms with Gasteiger partial charge in [0.25, 0.3) is 0 Å². The number of halogens is 1. The summed E-state index contributed by atoms with van der Waals surface area (Å²) >= 11 is 1.56. The molecule has 0 atom stereocenters. The smallest absolute Gasteiger partial charge is 0.142 e. The molecule has 0 saturated carbocycles. The second kappa shape index (κ2) is 4.79. The Morgan fingerprint density at radius 3 is 2.82 bits per heavy atom. The van der Waals surface area contributed by atoms with E-state index in [1.54, 1.807) is 17.5 Å². The minimum absolute atomic E-state index is 0.333. The predicted molar refractivity (Wildman–Crippen MR) is 69.0 cm³/mol.